The van der Waals surface area contributed by atoms with Gasteiger partial charge in [-0.05, 0) is 30.7 Å². The molecule has 5 N–H and O–H groups in total. The molecule has 0 spiro atoms. The lowest BCUT2D eigenvalue weighted by atomic mass is 10.2. The summed E-state index contributed by atoms with van der Waals surface area (Å²) < 4.78 is 11.6. The van der Waals surface area contributed by atoms with Gasteiger partial charge in [0.05, 0.1) is 12.7 Å². The molecule has 0 aliphatic heterocycles. The maximum Gasteiger partial charge on any atom is 0.426 e. The van der Waals surface area contributed by atoms with Gasteiger partial charge >= 0.3 is 11.8 Å². The minimum atomic E-state index is -0.844. The van der Waals surface area contributed by atoms with Crippen molar-refractivity contribution < 1.29 is 19.1 Å². The van der Waals surface area contributed by atoms with E-state index in [0.29, 0.717) is 5.56 Å². The van der Waals surface area contributed by atoms with Crippen molar-refractivity contribution in [1.82, 2.24) is 30.4 Å². The summed E-state index contributed by atoms with van der Waals surface area (Å²) in [6.07, 6.45) is 1.78. The average Bonchev–Trinajstić information content (AvgIpc) is 3.36. The van der Waals surface area contributed by atoms with Gasteiger partial charge in [0.2, 0.25) is 0 Å². The number of rotatable bonds is 6. The molecule has 12 nitrogen and oxygen atoms in total. The second-order valence-corrected chi connectivity index (χ2v) is 5.72. The molecule has 148 valence electrons. The van der Waals surface area contributed by atoms with Gasteiger partial charge in [0.15, 0.2) is 0 Å². The van der Waals surface area contributed by atoms with Crippen molar-refractivity contribution in [2.45, 2.75) is 13.0 Å². The van der Waals surface area contributed by atoms with Crippen LogP contribution in [0.5, 0.6) is 0 Å². The third kappa shape index (κ3) is 4.29. The molecular formula is C16H18N6O6. The number of hydrazine groups is 1. The van der Waals surface area contributed by atoms with E-state index in [2.05, 4.69) is 26.0 Å². The smallest absolute Gasteiger partial charge is 0.426 e. The van der Waals surface area contributed by atoms with Crippen LogP contribution < -0.4 is 22.1 Å². The molecule has 0 saturated carbocycles. The first kappa shape index (κ1) is 19.0. The third-order valence-electron chi connectivity index (χ3n) is 3.85. The quantitative estimate of drug-likeness (QED) is 0.289. The first-order valence-electron chi connectivity index (χ1n) is 8.27. The number of hydrogen-bond donors (Lipinski definition) is 5. The van der Waals surface area contributed by atoms with Crippen LogP contribution in [0.4, 0.5) is 4.79 Å². The van der Waals surface area contributed by atoms with Crippen molar-refractivity contribution in [3.05, 3.63) is 62.7 Å². The van der Waals surface area contributed by atoms with Crippen LogP contribution in [-0.2, 0) is 9.47 Å². The van der Waals surface area contributed by atoms with Crippen LogP contribution >= 0.6 is 0 Å². The number of carbonyl (C=O) groups excluding carboxylic acids is 2. The van der Waals surface area contributed by atoms with Gasteiger partial charge in [0.25, 0.3) is 11.5 Å². The predicted molar refractivity (Wildman–Crippen MR) is 95.7 cm³/mol. The van der Waals surface area contributed by atoms with Gasteiger partial charge in [-0.15, -0.1) is 0 Å². The Hall–Kier alpha value is -3.80. The molecule has 1 atom stereocenters. The lowest BCUT2D eigenvalue weighted by Crippen LogP contribution is -2.42. The molecule has 0 saturated heterocycles. The largest absolute Gasteiger partial charge is 0.446 e. The topological polar surface area (TPSA) is 163 Å². The van der Waals surface area contributed by atoms with Crippen LogP contribution in [0.25, 0.3) is 5.52 Å². The van der Waals surface area contributed by atoms with Crippen LogP contribution in [0, 0.1) is 0 Å². The molecule has 28 heavy (non-hydrogen) atoms. The van der Waals surface area contributed by atoms with E-state index in [9.17, 15) is 19.2 Å². The second kappa shape index (κ2) is 8.26. The lowest BCUT2D eigenvalue weighted by molar-refractivity contribution is 0.0294. The lowest BCUT2D eigenvalue weighted by Gasteiger charge is -2.12. The molecule has 0 aliphatic rings. The molecule has 3 aromatic heterocycles. The van der Waals surface area contributed by atoms with Gasteiger partial charge in [0, 0.05) is 12.4 Å². The normalized spacial score (nSPS) is 11.9. The summed E-state index contributed by atoms with van der Waals surface area (Å²) >= 11 is 0. The SMILES string of the molecule is CC(OCCOC(=O)NNC(=O)c1ccc[nH]1)c1cc2c(=O)[nH][nH]c(=O)n2c1. The van der Waals surface area contributed by atoms with E-state index < -0.39 is 29.4 Å². The van der Waals surface area contributed by atoms with Gasteiger partial charge in [-0.1, -0.05) is 0 Å². The number of aromatic nitrogens is 4. The van der Waals surface area contributed by atoms with Crippen LogP contribution in [0.1, 0.15) is 29.1 Å². The van der Waals surface area contributed by atoms with Gasteiger partial charge in [-0.3, -0.25) is 24.5 Å². The zero-order valence-electron chi connectivity index (χ0n) is 14.8. The van der Waals surface area contributed by atoms with Gasteiger partial charge < -0.3 is 14.5 Å². The van der Waals surface area contributed by atoms with Crippen LogP contribution in [0.3, 0.4) is 0 Å². The van der Waals surface area contributed by atoms with E-state index in [4.69, 9.17) is 9.47 Å². The van der Waals surface area contributed by atoms with Crippen LogP contribution in [0.2, 0.25) is 0 Å². The first-order chi connectivity index (χ1) is 13.5. The van der Waals surface area contributed by atoms with Crippen molar-refractivity contribution in [2.75, 3.05) is 13.2 Å². The fourth-order valence-corrected chi connectivity index (χ4v) is 2.42. The molecule has 3 aromatic rings. The number of nitrogens with one attached hydrogen (secondary N) is 5. The molecule has 0 fully saturated rings. The molecule has 3 rings (SSSR count). The van der Waals surface area contributed by atoms with E-state index in [1.165, 1.54) is 10.6 Å². The Morgan fingerprint density at radius 1 is 1.21 bits per heavy atom. The first-order valence-corrected chi connectivity index (χ1v) is 8.27. The zero-order valence-corrected chi connectivity index (χ0v) is 14.8. The number of H-pyrrole nitrogens is 3. The minimum Gasteiger partial charge on any atom is -0.446 e. The van der Waals surface area contributed by atoms with Crippen molar-refractivity contribution in [3.8, 4) is 0 Å². The summed E-state index contributed by atoms with van der Waals surface area (Å²) in [7, 11) is 0. The van der Waals surface area contributed by atoms with Crippen LogP contribution in [-0.4, -0.2) is 44.8 Å². The summed E-state index contributed by atoms with van der Waals surface area (Å²) in [5, 5.41) is 4.46. The summed E-state index contributed by atoms with van der Waals surface area (Å²) in [5.41, 5.74) is 4.48. The van der Waals surface area contributed by atoms with Crippen molar-refractivity contribution >= 4 is 17.5 Å². The Morgan fingerprint density at radius 3 is 2.75 bits per heavy atom. The number of nitrogens with zero attached hydrogens (tertiary/aromatic N) is 1. The maximum atomic E-state index is 11.7. The molecule has 0 bridgehead atoms. The molecular weight excluding hydrogens is 372 g/mol. The summed E-state index contributed by atoms with van der Waals surface area (Å²) in [4.78, 5) is 49.2. The molecule has 0 aromatic carbocycles. The Balaban J connectivity index is 1.42. The third-order valence-corrected chi connectivity index (χ3v) is 3.85. The van der Waals surface area contributed by atoms with Crippen molar-refractivity contribution in [1.29, 1.82) is 0 Å². The average molecular weight is 390 g/mol. The molecule has 0 radical (unpaired) electrons. The van der Waals surface area contributed by atoms with E-state index in [1.54, 1.807) is 31.3 Å². The predicted octanol–water partition coefficient (Wildman–Crippen LogP) is -0.207. The monoisotopic (exact) mass is 390 g/mol. The summed E-state index contributed by atoms with van der Waals surface area (Å²) in [6.45, 7) is 1.73. The van der Waals surface area contributed by atoms with Gasteiger partial charge in [-0.2, -0.15) is 0 Å². The Bertz CT molecular complexity index is 1030. The standard InChI is InChI=1S/C16H18N6O6/c1-9(10-7-12-14(24)19-20-15(25)22(12)8-10)27-5-6-28-16(26)21-18-13(23)11-3-2-4-17-11/h2-4,7-9,17H,5-6H2,1H3,(H,18,23)(H,19,24)(H,20,25)(H,21,26). The maximum absolute atomic E-state index is 11.7. The number of ether oxygens (including phenoxy) is 2. The minimum absolute atomic E-state index is 0.0664. The molecule has 0 aliphatic carbocycles. The summed E-state index contributed by atoms with van der Waals surface area (Å²) in [5.74, 6) is -0.516. The van der Waals surface area contributed by atoms with E-state index in [0.717, 1.165) is 0 Å². The Morgan fingerprint density at radius 2 is 2.04 bits per heavy atom. The molecule has 1 unspecified atom stereocenters. The number of hydrogen-bond acceptors (Lipinski definition) is 6. The van der Waals surface area contributed by atoms with E-state index >= 15 is 0 Å². The highest BCUT2D eigenvalue weighted by Crippen LogP contribution is 2.17. The van der Waals surface area contributed by atoms with Crippen molar-refractivity contribution in [2.24, 2.45) is 0 Å². The highest BCUT2D eigenvalue weighted by molar-refractivity contribution is 5.93. The highest BCUT2D eigenvalue weighted by atomic mass is 16.6. The van der Waals surface area contributed by atoms with Gasteiger partial charge in [0.1, 0.15) is 17.8 Å². The Labute approximate surface area is 156 Å². The number of carbonyl (C=O) groups is 2. The number of fused-ring (bicyclic) bond motifs is 1. The fraction of sp³-hybridized carbons (Fsp3) is 0.250. The highest BCUT2D eigenvalue weighted by Gasteiger charge is 2.13. The second-order valence-electron chi connectivity index (χ2n) is 5.72. The van der Waals surface area contributed by atoms with Crippen molar-refractivity contribution in [3.63, 3.8) is 0 Å². The fourth-order valence-electron chi connectivity index (χ4n) is 2.42. The summed E-state index contributed by atoms with van der Waals surface area (Å²) in [6, 6.07) is 4.74. The Kier molecular flexibility index (Phi) is 5.60. The molecule has 12 heteroatoms. The molecule has 3 heterocycles. The zero-order chi connectivity index (χ0) is 20.1. The van der Waals surface area contributed by atoms with E-state index in [-0.39, 0.29) is 24.4 Å². The number of amides is 2. The molecule has 2 amide bonds. The van der Waals surface area contributed by atoms with Gasteiger partial charge in [-0.25, -0.2) is 20.1 Å². The van der Waals surface area contributed by atoms with E-state index in [1.807, 2.05) is 0 Å². The van der Waals surface area contributed by atoms with Crippen LogP contribution in [0.15, 0.2) is 40.2 Å². The number of aromatic amines is 3.